The highest BCUT2D eigenvalue weighted by molar-refractivity contribution is 5.85. The van der Waals surface area contributed by atoms with Crippen LogP contribution in [0.5, 0.6) is 0 Å². The molecule has 2 aliphatic rings. The van der Waals surface area contributed by atoms with Gasteiger partial charge in [-0.3, -0.25) is 4.79 Å². The first kappa shape index (κ1) is 13.4. The Kier molecular flexibility index (Phi) is 4.23. The highest BCUT2D eigenvalue weighted by atomic mass is 16.5. The Hall–Kier alpha value is -1.08. The second-order valence-corrected chi connectivity index (χ2v) is 5.62. The van der Waals surface area contributed by atoms with Crippen molar-refractivity contribution in [2.45, 2.75) is 38.5 Å². The molecule has 1 amide bonds. The highest BCUT2D eigenvalue weighted by Gasteiger charge is 2.44. The van der Waals surface area contributed by atoms with E-state index in [1.54, 1.807) is 7.11 Å². The predicted octanol–water partition coefficient (Wildman–Crippen LogP) is 1.96. The summed E-state index contributed by atoms with van der Waals surface area (Å²) >= 11 is 0. The monoisotopic (exact) mass is 250 g/mol. The quantitative estimate of drug-likeness (QED) is 0.769. The molecule has 0 aromatic heterocycles. The molecule has 1 aliphatic carbocycles. The topological polar surface area (TPSA) is 53.3 Å². The van der Waals surface area contributed by atoms with E-state index >= 15 is 0 Å². The molecule has 0 aromatic carbocycles. The van der Waals surface area contributed by atoms with E-state index in [1.807, 2.05) is 4.90 Å². The summed E-state index contributed by atoms with van der Waals surface area (Å²) in [6, 6.07) is 2.32. The third kappa shape index (κ3) is 2.51. The molecule has 1 atom stereocenters. The Balaban J connectivity index is 2.00. The van der Waals surface area contributed by atoms with E-state index in [-0.39, 0.29) is 5.91 Å². The van der Waals surface area contributed by atoms with Crippen molar-refractivity contribution in [2.24, 2.45) is 11.3 Å². The second kappa shape index (κ2) is 5.71. The van der Waals surface area contributed by atoms with E-state index in [9.17, 15) is 10.1 Å². The average Bonchev–Trinajstić information content (AvgIpc) is 2.87. The van der Waals surface area contributed by atoms with Gasteiger partial charge in [0.25, 0.3) is 0 Å². The van der Waals surface area contributed by atoms with Crippen LogP contribution in [0.1, 0.15) is 38.5 Å². The molecule has 1 aliphatic heterocycles. The number of nitriles is 1. The predicted molar refractivity (Wildman–Crippen MR) is 67.7 cm³/mol. The van der Waals surface area contributed by atoms with Crippen molar-refractivity contribution < 1.29 is 9.53 Å². The molecule has 0 radical (unpaired) electrons. The lowest BCUT2D eigenvalue weighted by atomic mass is 9.74. The molecule has 4 heteroatoms. The summed E-state index contributed by atoms with van der Waals surface area (Å²) in [6.07, 6.45) is 5.66. The summed E-state index contributed by atoms with van der Waals surface area (Å²) < 4.78 is 5.15. The smallest absolute Gasteiger partial charge is 0.243 e. The van der Waals surface area contributed by atoms with Gasteiger partial charge in [-0.05, 0) is 19.3 Å². The lowest BCUT2D eigenvalue weighted by Crippen LogP contribution is -2.43. The average molecular weight is 250 g/mol. The van der Waals surface area contributed by atoms with Crippen molar-refractivity contribution >= 4 is 5.91 Å². The first-order chi connectivity index (χ1) is 8.72. The zero-order valence-corrected chi connectivity index (χ0v) is 11.2. The minimum atomic E-state index is -0.722. The number of methoxy groups -OCH3 is 1. The van der Waals surface area contributed by atoms with Crippen LogP contribution in [-0.4, -0.2) is 37.6 Å². The van der Waals surface area contributed by atoms with Gasteiger partial charge in [0.05, 0.1) is 12.7 Å². The zero-order valence-electron chi connectivity index (χ0n) is 11.2. The maximum Gasteiger partial charge on any atom is 0.243 e. The number of carbonyl (C=O) groups is 1. The summed E-state index contributed by atoms with van der Waals surface area (Å²) in [7, 11) is 1.70. The lowest BCUT2D eigenvalue weighted by Gasteiger charge is -2.33. The number of ether oxygens (including phenoxy) is 1. The van der Waals surface area contributed by atoms with Crippen LogP contribution >= 0.6 is 0 Å². The summed E-state index contributed by atoms with van der Waals surface area (Å²) in [5.74, 6) is 0.515. The van der Waals surface area contributed by atoms with Gasteiger partial charge < -0.3 is 9.64 Å². The molecule has 0 N–H and O–H groups in total. The number of likely N-dealkylation sites (tertiary alicyclic amines) is 1. The van der Waals surface area contributed by atoms with Gasteiger partial charge in [0.2, 0.25) is 5.91 Å². The molecule has 2 fully saturated rings. The van der Waals surface area contributed by atoms with E-state index in [4.69, 9.17) is 4.74 Å². The molecule has 18 heavy (non-hydrogen) atoms. The molecule has 100 valence electrons. The van der Waals surface area contributed by atoms with Gasteiger partial charge in [0, 0.05) is 26.1 Å². The van der Waals surface area contributed by atoms with Gasteiger partial charge in [-0.25, -0.2) is 0 Å². The van der Waals surface area contributed by atoms with E-state index in [1.165, 1.54) is 0 Å². The largest absolute Gasteiger partial charge is 0.384 e. The van der Waals surface area contributed by atoms with Gasteiger partial charge in [-0.2, -0.15) is 5.26 Å². The molecule has 1 heterocycles. The Bertz CT molecular complexity index is 342. The van der Waals surface area contributed by atoms with Crippen LogP contribution < -0.4 is 0 Å². The molecular formula is C14H22N2O2. The number of hydrogen-bond donors (Lipinski definition) is 0. The molecule has 2 rings (SSSR count). The Labute approximate surface area is 109 Å². The van der Waals surface area contributed by atoms with Gasteiger partial charge in [0.15, 0.2) is 0 Å². The van der Waals surface area contributed by atoms with Crippen LogP contribution in [0, 0.1) is 22.7 Å². The maximum atomic E-state index is 12.6. The third-order valence-electron chi connectivity index (χ3n) is 4.31. The number of rotatable bonds is 3. The maximum absolute atomic E-state index is 12.6. The molecule has 0 spiro atoms. The Morgan fingerprint density at radius 3 is 2.78 bits per heavy atom. The standard InChI is InChI=1S/C14H22N2O2/c1-18-10-12-5-8-16(9-12)13(17)14(11-15)6-3-2-4-7-14/h12H,2-10H2,1H3. The van der Waals surface area contributed by atoms with E-state index in [0.717, 1.165) is 51.6 Å². The van der Waals surface area contributed by atoms with E-state index in [0.29, 0.717) is 12.5 Å². The highest BCUT2D eigenvalue weighted by Crippen LogP contribution is 2.38. The van der Waals surface area contributed by atoms with Crippen molar-refractivity contribution in [2.75, 3.05) is 26.8 Å². The van der Waals surface area contributed by atoms with Gasteiger partial charge >= 0.3 is 0 Å². The first-order valence-corrected chi connectivity index (χ1v) is 6.91. The van der Waals surface area contributed by atoms with Crippen LogP contribution in [0.3, 0.4) is 0 Å². The van der Waals surface area contributed by atoms with Crippen LogP contribution in [0.25, 0.3) is 0 Å². The van der Waals surface area contributed by atoms with Crippen molar-refractivity contribution in [3.05, 3.63) is 0 Å². The van der Waals surface area contributed by atoms with Crippen LogP contribution in [-0.2, 0) is 9.53 Å². The third-order valence-corrected chi connectivity index (χ3v) is 4.31. The number of carbonyl (C=O) groups excluding carboxylic acids is 1. The Morgan fingerprint density at radius 2 is 2.17 bits per heavy atom. The first-order valence-electron chi connectivity index (χ1n) is 6.91. The number of hydrogen-bond acceptors (Lipinski definition) is 3. The number of amides is 1. The summed E-state index contributed by atoms with van der Waals surface area (Å²) in [6.45, 7) is 2.26. The SMILES string of the molecule is COCC1CCN(C(=O)C2(C#N)CCCCC2)C1. The van der Waals surface area contributed by atoms with Crippen molar-refractivity contribution in [1.29, 1.82) is 5.26 Å². The summed E-state index contributed by atoms with van der Waals surface area (Å²) in [5.41, 5.74) is -0.722. The minimum Gasteiger partial charge on any atom is -0.384 e. The molecular weight excluding hydrogens is 228 g/mol. The van der Waals surface area contributed by atoms with E-state index in [2.05, 4.69) is 6.07 Å². The fourth-order valence-corrected chi connectivity index (χ4v) is 3.22. The molecule has 0 aromatic rings. The molecule has 1 saturated heterocycles. The van der Waals surface area contributed by atoms with Crippen molar-refractivity contribution in [1.82, 2.24) is 4.90 Å². The number of nitrogens with zero attached hydrogens (tertiary/aromatic N) is 2. The summed E-state index contributed by atoms with van der Waals surface area (Å²) in [5, 5.41) is 9.42. The molecule has 1 saturated carbocycles. The fourth-order valence-electron chi connectivity index (χ4n) is 3.22. The minimum absolute atomic E-state index is 0.0725. The second-order valence-electron chi connectivity index (χ2n) is 5.62. The van der Waals surface area contributed by atoms with Crippen LogP contribution in [0.2, 0.25) is 0 Å². The zero-order chi connectivity index (χ0) is 13.0. The van der Waals surface area contributed by atoms with Crippen molar-refractivity contribution in [3.8, 4) is 6.07 Å². The van der Waals surface area contributed by atoms with Crippen LogP contribution in [0.4, 0.5) is 0 Å². The van der Waals surface area contributed by atoms with Gasteiger partial charge in [0.1, 0.15) is 5.41 Å². The molecule has 1 unspecified atom stereocenters. The fraction of sp³-hybridized carbons (Fsp3) is 0.857. The summed E-state index contributed by atoms with van der Waals surface area (Å²) in [4.78, 5) is 14.5. The normalized spacial score (nSPS) is 26.9. The van der Waals surface area contributed by atoms with Crippen molar-refractivity contribution in [3.63, 3.8) is 0 Å². The van der Waals surface area contributed by atoms with E-state index < -0.39 is 5.41 Å². The molecule has 0 bridgehead atoms. The molecule has 4 nitrogen and oxygen atoms in total. The van der Waals surface area contributed by atoms with Gasteiger partial charge in [-0.15, -0.1) is 0 Å². The van der Waals surface area contributed by atoms with Gasteiger partial charge in [-0.1, -0.05) is 19.3 Å². The lowest BCUT2D eigenvalue weighted by molar-refractivity contribution is -0.139. The Morgan fingerprint density at radius 1 is 1.44 bits per heavy atom. The van der Waals surface area contributed by atoms with Crippen LogP contribution in [0.15, 0.2) is 0 Å².